The molecule has 0 fully saturated rings. The van der Waals surface area contributed by atoms with E-state index in [1.165, 1.54) is 6.07 Å². The summed E-state index contributed by atoms with van der Waals surface area (Å²) in [7, 11) is 0. The second kappa shape index (κ2) is 6.37. The van der Waals surface area contributed by atoms with E-state index >= 15 is 0 Å². The average molecular weight is 327 g/mol. The van der Waals surface area contributed by atoms with Crippen molar-refractivity contribution in [1.29, 1.82) is 0 Å². The number of nitrogens with zero attached hydrogens (tertiary/aromatic N) is 1. The van der Waals surface area contributed by atoms with Gasteiger partial charge >= 0.3 is 6.09 Å². The van der Waals surface area contributed by atoms with Gasteiger partial charge in [-0.05, 0) is 19.1 Å². The molecule has 1 amide bonds. The van der Waals surface area contributed by atoms with Gasteiger partial charge in [0.2, 0.25) is 11.1 Å². The Bertz CT molecular complexity index is 1020. The Morgan fingerprint density at radius 1 is 1.33 bits per heavy atom. The van der Waals surface area contributed by atoms with E-state index in [0.717, 1.165) is 6.33 Å². The molecule has 0 saturated carbocycles. The number of carbonyl (C=O) groups excluding carboxylic acids is 1. The fraction of sp³-hybridized carbons (Fsp3) is 0.125. The Labute approximate surface area is 135 Å². The zero-order chi connectivity index (χ0) is 17.1. The third kappa shape index (κ3) is 2.89. The quantitative estimate of drug-likeness (QED) is 0.761. The first-order chi connectivity index (χ1) is 11.6. The van der Waals surface area contributed by atoms with E-state index in [2.05, 4.69) is 15.3 Å². The van der Waals surface area contributed by atoms with Crippen molar-refractivity contribution in [2.24, 2.45) is 0 Å². The van der Waals surface area contributed by atoms with Gasteiger partial charge in [0.1, 0.15) is 11.1 Å². The van der Waals surface area contributed by atoms with Crippen LogP contribution in [0, 0.1) is 0 Å². The van der Waals surface area contributed by atoms with Gasteiger partial charge in [0.15, 0.2) is 0 Å². The summed E-state index contributed by atoms with van der Waals surface area (Å²) in [5.41, 5.74) is -0.299. The molecule has 122 valence electrons. The van der Waals surface area contributed by atoms with Crippen molar-refractivity contribution in [3.63, 3.8) is 0 Å². The van der Waals surface area contributed by atoms with Crippen LogP contribution in [-0.2, 0) is 4.74 Å². The number of benzene rings is 1. The molecule has 0 unspecified atom stereocenters. The summed E-state index contributed by atoms with van der Waals surface area (Å²) in [5.74, 6) is 0.179. The molecule has 2 N–H and O–H groups in total. The number of anilines is 1. The van der Waals surface area contributed by atoms with Gasteiger partial charge in [-0.3, -0.25) is 14.9 Å². The zero-order valence-electron chi connectivity index (χ0n) is 12.7. The number of hydrogen-bond donors (Lipinski definition) is 2. The Hall–Kier alpha value is -3.42. The van der Waals surface area contributed by atoms with Crippen molar-refractivity contribution < 1.29 is 13.9 Å². The van der Waals surface area contributed by atoms with E-state index in [9.17, 15) is 14.4 Å². The first-order valence-corrected chi connectivity index (χ1v) is 7.15. The van der Waals surface area contributed by atoms with Crippen LogP contribution in [0.3, 0.4) is 0 Å². The van der Waals surface area contributed by atoms with Crippen LogP contribution in [0.4, 0.5) is 10.5 Å². The number of H-pyrrole nitrogens is 1. The summed E-state index contributed by atoms with van der Waals surface area (Å²) in [5, 5.41) is 2.42. The fourth-order valence-electron chi connectivity index (χ4n) is 2.22. The van der Waals surface area contributed by atoms with E-state index in [4.69, 9.17) is 9.15 Å². The smallest absolute Gasteiger partial charge is 0.411 e. The normalized spacial score (nSPS) is 10.5. The maximum absolute atomic E-state index is 12.2. The number of fused-ring (bicyclic) bond motifs is 1. The summed E-state index contributed by atoms with van der Waals surface area (Å²) < 4.78 is 10.4. The summed E-state index contributed by atoms with van der Waals surface area (Å²) in [6, 6.07) is 7.93. The Kier molecular flexibility index (Phi) is 4.11. The lowest BCUT2D eigenvalue weighted by Crippen LogP contribution is -2.16. The molecular formula is C16H13N3O5. The molecule has 24 heavy (non-hydrogen) atoms. The van der Waals surface area contributed by atoms with Crippen molar-refractivity contribution in [2.75, 3.05) is 11.9 Å². The summed E-state index contributed by atoms with van der Waals surface area (Å²) in [4.78, 5) is 41.7. The second-order valence-corrected chi connectivity index (χ2v) is 4.78. The molecule has 3 rings (SSSR count). The molecule has 0 radical (unpaired) electrons. The minimum atomic E-state index is -0.623. The van der Waals surface area contributed by atoms with Crippen LogP contribution in [-0.4, -0.2) is 22.7 Å². The number of aromatic nitrogens is 2. The summed E-state index contributed by atoms with van der Waals surface area (Å²) in [6.45, 7) is 1.92. The van der Waals surface area contributed by atoms with E-state index in [1.54, 1.807) is 31.2 Å². The molecule has 0 atom stereocenters. The molecule has 0 aliphatic rings. The lowest BCUT2D eigenvalue weighted by Gasteiger charge is -2.10. The van der Waals surface area contributed by atoms with Crippen molar-refractivity contribution in [2.45, 2.75) is 6.92 Å². The van der Waals surface area contributed by atoms with Gasteiger partial charge in [-0.1, -0.05) is 12.1 Å². The van der Waals surface area contributed by atoms with Gasteiger partial charge in [0.25, 0.3) is 5.56 Å². The minimum absolute atomic E-state index is 0.0767. The van der Waals surface area contributed by atoms with E-state index in [0.29, 0.717) is 11.3 Å². The second-order valence-electron chi connectivity index (χ2n) is 4.78. The summed E-state index contributed by atoms with van der Waals surface area (Å²) in [6.07, 6.45) is 0.530. The lowest BCUT2D eigenvalue weighted by atomic mass is 10.1. The molecule has 1 aromatic carbocycles. The minimum Gasteiger partial charge on any atom is -0.450 e. The molecule has 3 aromatic rings. The number of ether oxygens (including phenoxy) is 1. The standard InChI is InChI=1S/C16H13N3O5/c1-2-23-16(22)19-10-6-4-3-5-9(10)12-7-11(20)13-14(21)17-8-18-15(13)24-12/h3-8H,2H2,1H3,(H,19,22)(H,17,18,21). The third-order valence-corrected chi connectivity index (χ3v) is 3.24. The molecule has 0 spiro atoms. The SMILES string of the molecule is CCOC(=O)Nc1ccccc1-c1cc(=O)c2c(=O)[nH]cnc2o1. The van der Waals surface area contributed by atoms with Gasteiger partial charge in [-0.2, -0.15) is 0 Å². The molecule has 0 saturated heterocycles. The highest BCUT2D eigenvalue weighted by molar-refractivity contribution is 5.91. The number of hydrogen-bond acceptors (Lipinski definition) is 6. The maximum atomic E-state index is 12.2. The first-order valence-electron chi connectivity index (χ1n) is 7.15. The van der Waals surface area contributed by atoms with Crippen LogP contribution in [0.5, 0.6) is 0 Å². The predicted molar refractivity (Wildman–Crippen MR) is 87.0 cm³/mol. The number of nitrogens with one attached hydrogen (secondary N) is 2. The van der Waals surface area contributed by atoms with Crippen molar-refractivity contribution >= 4 is 22.9 Å². The number of carbonyl (C=O) groups is 1. The van der Waals surface area contributed by atoms with Crippen LogP contribution >= 0.6 is 0 Å². The van der Waals surface area contributed by atoms with E-state index < -0.39 is 17.1 Å². The fourth-order valence-corrected chi connectivity index (χ4v) is 2.22. The number of aromatic amines is 1. The molecule has 8 heteroatoms. The molecule has 2 aromatic heterocycles. The number of rotatable bonds is 3. The van der Waals surface area contributed by atoms with Gasteiger partial charge in [-0.25, -0.2) is 9.78 Å². The largest absolute Gasteiger partial charge is 0.450 e. The molecule has 0 aliphatic heterocycles. The van der Waals surface area contributed by atoms with Crippen molar-refractivity contribution in [3.05, 3.63) is 57.2 Å². The first kappa shape index (κ1) is 15.5. The van der Waals surface area contributed by atoms with Crippen molar-refractivity contribution in [1.82, 2.24) is 9.97 Å². The van der Waals surface area contributed by atoms with Gasteiger partial charge in [0.05, 0.1) is 18.6 Å². The zero-order valence-corrected chi connectivity index (χ0v) is 12.7. The van der Waals surface area contributed by atoms with E-state index in [-0.39, 0.29) is 23.5 Å². The van der Waals surface area contributed by atoms with Gasteiger partial charge in [-0.15, -0.1) is 0 Å². The highest BCUT2D eigenvalue weighted by Gasteiger charge is 2.14. The number of amides is 1. The number of para-hydroxylation sites is 1. The topological polar surface area (TPSA) is 114 Å². The summed E-state index contributed by atoms with van der Waals surface area (Å²) >= 11 is 0. The molecule has 2 heterocycles. The van der Waals surface area contributed by atoms with Gasteiger partial charge in [0, 0.05) is 11.6 Å². The molecular weight excluding hydrogens is 314 g/mol. The van der Waals surface area contributed by atoms with Crippen LogP contribution in [0.25, 0.3) is 22.4 Å². The van der Waals surface area contributed by atoms with Crippen molar-refractivity contribution in [3.8, 4) is 11.3 Å². The third-order valence-electron chi connectivity index (χ3n) is 3.24. The molecule has 0 bridgehead atoms. The Morgan fingerprint density at radius 3 is 2.92 bits per heavy atom. The van der Waals surface area contributed by atoms with Crippen LogP contribution in [0.2, 0.25) is 0 Å². The highest BCUT2D eigenvalue weighted by atomic mass is 16.5. The van der Waals surface area contributed by atoms with E-state index in [1.807, 2.05) is 0 Å². The monoisotopic (exact) mass is 327 g/mol. The Balaban J connectivity index is 2.13. The van der Waals surface area contributed by atoms with Crippen LogP contribution in [0.15, 0.2) is 50.7 Å². The average Bonchev–Trinajstić information content (AvgIpc) is 2.55. The molecule has 8 nitrogen and oxygen atoms in total. The highest BCUT2D eigenvalue weighted by Crippen LogP contribution is 2.28. The van der Waals surface area contributed by atoms with Crippen LogP contribution in [0.1, 0.15) is 6.92 Å². The van der Waals surface area contributed by atoms with Crippen LogP contribution < -0.4 is 16.3 Å². The Morgan fingerprint density at radius 2 is 2.12 bits per heavy atom. The van der Waals surface area contributed by atoms with Gasteiger partial charge < -0.3 is 14.1 Å². The lowest BCUT2D eigenvalue weighted by molar-refractivity contribution is 0.168. The maximum Gasteiger partial charge on any atom is 0.411 e. The predicted octanol–water partition coefficient (Wildman–Crippen LogP) is 2.11. The molecule has 0 aliphatic carbocycles.